The van der Waals surface area contributed by atoms with Crippen LogP contribution in [0.1, 0.15) is 12.0 Å². The lowest BCUT2D eigenvalue weighted by atomic mass is 10.1. The maximum absolute atomic E-state index is 12.9. The maximum atomic E-state index is 12.9. The standard InChI is InChI=1S/C12H18FNS/c1-14(7-3-9-15)8-6-11-4-2-5-12(13)10-11/h2,4-5,10,15H,3,6-9H2,1H3. The first-order valence-electron chi connectivity index (χ1n) is 5.26. The van der Waals surface area contributed by atoms with Crippen LogP contribution in [-0.2, 0) is 6.42 Å². The van der Waals surface area contributed by atoms with Crippen LogP contribution in [0.15, 0.2) is 24.3 Å². The van der Waals surface area contributed by atoms with Gasteiger partial charge in [0.1, 0.15) is 5.82 Å². The highest BCUT2D eigenvalue weighted by Gasteiger charge is 1.99. The molecule has 0 fully saturated rings. The third-order valence-corrected chi connectivity index (χ3v) is 2.69. The minimum Gasteiger partial charge on any atom is -0.306 e. The van der Waals surface area contributed by atoms with Crippen molar-refractivity contribution in [2.24, 2.45) is 0 Å². The number of hydrogen-bond acceptors (Lipinski definition) is 2. The molecule has 0 unspecified atom stereocenters. The van der Waals surface area contributed by atoms with Gasteiger partial charge in [-0.15, -0.1) is 0 Å². The molecular weight excluding hydrogens is 209 g/mol. The summed E-state index contributed by atoms with van der Waals surface area (Å²) >= 11 is 4.17. The van der Waals surface area contributed by atoms with Gasteiger partial charge in [0.05, 0.1) is 0 Å². The zero-order chi connectivity index (χ0) is 11.1. The highest BCUT2D eigenvalue weighted by atomic mass is 32.1. The third kappa shape index (κ3) is 5.19. The van der Waals surface area contributed by atoms with Crippen molar-refractivity contribution in [2.45, 2.75) is 12.8 Å². The molecule has 84 valence electrons. The summed E-state index contributed by atoms with van der Waals surface area (Å²) in [5.41, 5.74) is 1.06. The van der Waals surface area contributed by atoms with Gasteiger partial charge in [-0.3, -0.25) is 0 Å². The van der Waals surface area contributed by atoms with Crippen LogP contribution in [0.4, 0.5) is 4.39 Å². The Labute approximate surface area is 96.7 Å². The van der Waals surface area contributed by atoms with Crippen molar-refractivity contribution in [1.29, 1.82) is 0 Å². The first-order chi connectivity index (χ1) is 7.22. The second-order valence-electron chi connectivity index (χ2n) is 3.76. The molecule has 0 aliphatic carbocycles. The van der Waals surface area contributed by atoms with Crippen LogP contribution in [0.5, 0.6) is 0 Å². The Morgan fingerprint density at radius 3 is 2.80 bits per heavy atom. The normalized spacial score (nSPS) is 10.9. The summed E-state index contributed by atoms with van der Waals surface area (Å²) in [6.45, 7) is 2.02. The Kier molecular flexibility index (Phi) is 5.73. The van der Waals surface area contributed by atoms with Gasteiger partial charge < -0.3 is 4.90 Å². The molecule has 1 aromatic rings. The van der Waals surface area contributed by atoms with E-state index in [0.717, 1.165) is 37.2 Å². The maximum Gasteiger partial charge on any atom is 0.123 e. The highest BCUT2D eigenvalue weighted by Crippen LogP contribution is 2.04. The van der Waals surface area contributed by atoms with Gasteiger partial charge in [-0.1, -0.05) is 12.1 Å². The molecule has 0 aliphatic rings. The van der Waals surface area contributed by atoms with Crippen LogP contribution >= 0.6 is 12.6 Å². The molecular formula is C12H18FNS. The molecule has 0 saturated heterocycles. The van der Waals surface area contributed by atoms with Crippen LogP contribution in [0.3, 0.4) is 0 Å². The van der Waals surface area contributed by atoms with E-state index in [0.29, 0.717) is 0 Å². The Balaban J connectivity index is 2.30. The van der Waals surface area contributed by atoms with Crippen LogP contribution in [0.25, 0.3) is 0 Å². The second kappa shape index (κ2) is 6.85. The predicted octanol–water partition coefficient (Wildman–Crippen LogP) is 2.62. The van der Waals surface area contributed by atoms with E-state index in [1.165, 1.54) is 6.07 Å². The summed E-state index contributed by atoms with van der Waals surface area (Å²) in [5, 5.41) is 0. The van der Waals surface area contributed by atoms with Gasteiger partial charge in [0.15, 0.2) is 0 Å². The number of halogens is 1. The first kappa shape index (κ1) is 12.5. The number of thiol groups is 1. The number of hydrogen-bond donors (Lipinski definition) is 1. The number of rotatable bonds is 6. The molecule has 0 N–H and O–H groups in total. The fraction of sp³-hybridized carbons (Fsp3) is 0.500. The van der Waals surface area contributed by atoms with E-state index in [1.807, 2.05) is 6.07 Å². The molecule has 0 atom stereocenters. The van der Waals surface area contributed by atoms with Crippen LogP contribution in [0.2, 0.25) is 0 Å². The molecule has 1 rings (SSSR count). The van der Waals surface area contributed by atoms with E-state index in [-0.39, 0.29) is 5.82 Å². The Hall–Kier alpha value is -0.540. The summed E-state index contributed by atoms with van der Waals surface area (Å²) < 4.78 is 12.9. The summed E-state index contributed by atoms with van der Waals surface area (Å²) in [7, 11) is 2.09. The average Bonchev–Trinajstić information content (AvgIpc) is 2.23. The minimum atomic E-state index is -0.148. The lowest BCUT2D eigenvalue weighted by molar-refractivity contribution is 0.340. The SMILES string of the molecule is CN(CCCS)CCc1cccc(F)c1. The number of likely N-dealkylation sites (N-methyl/N-ethyl adjacent to an activating group) is 1. The molecule has 1 aromatic carbocycles. The Bertz CT molecular complexity index is 291. The fourth-order valence-electron chi connectivity index (χ4n) is 1.46. The van der Waals surface area contributed by atoms with Crippen molar-refractivity contribution in [3.63, 3.8) is 0 Å². The average molecular weight is 227 g/mol. The van der Waals surface area contributed by atoms with Crippen LogP contribution in [0, 0.1) is 5.82 Å². The van der Waals surface area contributed by atoms with Crippen molar-refractivity contribution in [3.8, 4) is 0 Å². The summed E-state index contributed by atoms with van der Waals surface area (Å²) in [6.07, 6.45) is 2.00. The molecule has 3 heteroatoms. The second-order valence-corrected chi connectivity index (χ2v) is 4.21. The largest absolute Gasteiger partial charge is 0.306 e. The third-order valence-electron chi connectivity index (χ3n) is 2.37. The lowest BCUT2D eigenvalue weighted by Crippen LogP contribution is -2.22. The van der Waals surface area contributed by atoms with E-state index >= 15 is 0 Å². The van der Waals surface area contributed by atoms with Gasteiger partial charge in [0.2, 0.25) is 0 Å². The lowest BCUT2D eigenvalue weighted by Gasteiger charge is -2.15. The van der Waals surface area contributed by atoms with Gasteiger partial charge >= 0.3 is 0 Å². The van der Waals surface area contributed by atoms with Crippen molar-refractivity contribution >= 4 is 12.6 Å². The molecule has 0 bridgehead atoms. The fourth-order valence-corrected chi connectivity index (χ4v) is 1.61. The van der Waals surface area contributed by atoms with Gasteiger partial charge in [0, 0.05) is 6.54 Å². The minimum absolute atomic E-state index is 0.148. The number of benzene rings is 1. The van der Waals surface area contributed by atoms with Gasteiger partial charge in [-0.05, 0) is 49.9 Å². The predicted molar refractivity (Wildman–Crippen MR) is 66.1 cm³/mol. The molecule has 0 saturated carbocycles. The molecule has 1 nitrogen and oxygen atoms in total. The molecule has 15 heavy (non-hydrogen) atoms. The van der Waals surface area contributed by atoms with Gasteiger partial charge in [-0.25, -0.2) is 4.39 Å². The Morgan fingerprint density at radius 1 is 1.33 bits per heavy atom. The van der Waals surface area contributed by atoms with Crippen molar-refractivity contribution < 1.29 is 4.39 Å². The molecule has 0 aromatic heterocycles. The van der Waals surface area contributed by atoms with Gasteiger partial charge in [-0.2, -0.15) is 12.6 Å². The highest BCUT2D eigenvalue weighted by molar-refractivity contribution is 7.80. The Morgan fingerprint density at radius 2 is 2.13 bits per heavy atom. The summed E-state index contributed by atoms with van der Waals surface area (Å²) in [5.74, 6) is 0.773. The van der Waals surface area contributed by atoms with Crippen LogP contribution in [-0.4, -0.2) is 30.8 Å². The zero-order valence-corrected chi connectivity index (χ0v) is 10.0. The summed E-state index contributed by atoms with van der Waals surface area (Å²) in [6, 6.07) is 6.81. The smallest absolute Gasteiger partial charge is 0.123 e. The van der Waals surface area contributed by atoms with Crippen molar-refractivity contribution in [1.82, 2.24) is 4.90 Å². The van der Waals surface area contributed by atoms with Crippen LogP contribution < -0.4 is 0 Å². The van der Waals surface area contributed by atoms with E-state index in [1.54, 1.807) is 12.1 Å². The molecule has 0 heterocycles. The van der Waals surface area contributed by atoms with E-state index < -0.39 is 0 Å². The molecule has 0 radical (unpaired) electrons. The molecule has 0 spiro atoms. The molecule has 0 amide bonds. The quantitative estimate of drug-likeness (QED) is 0.731. The molecule has 0 aliphatic heterocycles. The van der Waals surface area contributed by atoms with Crippen molar-refractivity contribution in [2.75, 3.05) is 25.9 Å². The van der Waals surface area contributed by atoms with Crippen molar-refractivity contribution in [3.05, 3.63) is 35.6 Å². The zero-order valence-electron chi connectivity index (χ0n) is 9.12. The number of nitrogens with zero attached hydrogens (tertiary/aromatic N) is 1. The van der Waals surface area contributed by atoms with E-state index in [2.05, 4.69) is 24.6 Å². The monoisotopic (exact) mass is 227 g/mol. The first-order valence-corrected chi connectivity index (χ1v) is 5.89. The van der Waals surface area contributed by atoms with E-state index in [4.69, 9.17) is 0 Å². The summed E-state index contributed by atoms with van der Waals surface area (Å²) in [4.78, 5) is 2.25. The topological polar surface area (TPSA) is 3.24 Å². The van der Waals surface area contributed by atoms with E-state index in [9.17, 15) is 4.39 Å². The van der Waals surface area contributed by atoms with Gasteiger partial charge in [0.25, 0.3) is 0 Å².